The molecular formula is C3H7BNaO3. The van der Waals surface area contributed by atoms with Crippen LogP contribution in [-0.2, 0) is 9.31 Å². The van der Waals surface area contributed by atoms with Crippen LogP contribution in [0.3, 0.4) is 0 Å². The van der Waals surface area contributed by atoms with Crippen LogP contribution in [0.25, 0.3) is 0 Å². The summed E-state index contributed by atoms with van der Waals surface area (Å²) in [5, 5.41) is 8.46. The van der Waals surface area contributed by atoms with Gasteiger partial charge in [0.1, 0.15) is 0 Å². The molecule has 0 aliphatic carbocycles. The Bertz CT molecular complexity index is 56.5. The summed E-state index contributed by atoms with van der Waals surface area (Å²) in [4.78, 5) is 0. The molecule has 5 heteroatoms. The fourth-order valence-corrected chi connectivity index (χ4v) is 0.475. The zero-order valence-corrected chi connectivity index (χ0v) is 6.96. The molecule has 0 atom stereocenters. The molecule has 0 aromatic rings. The van der Waals surface area contributed by atoms with E-state index in [2.05, 4.69) is 9.31 Å². The van der Waals surface area contributed by atoms with E-state index in [0.717, 1.165) is 6.42 Å². The van der Waals surface area contributed by atoms with Crippen LogP contribution in [0.15, 0.2) is 0 Å². The van der Waals surface area contributed by atoms with Gasteiger partial charge < -0.3 is 14.3 Å². The Labute approximate surface area is 70.8 Å². The smallest absolute Gasteiger partial charge is 0.402 e. The molecule has 1 rings (SSSR count). The first-order chi connectivity index (χ1) is 3.39. The first kappa shape index (κ1) is 8.94. The van der Waals surface area contributed by atoms with Crippen molar-refractivity contribution in [3.05, 3.63) is 0 Å². The van der Waals surface area contributed by atoms with Gasteiger partial charge in [-0.25, -0.2) is 0 Å². The van der Waals surface area contributed by atoms with E-state index < -0.39 is 7.32 Å². The van der Waals surface area contributed by atoms with Crippen LogP contribution in [-0.4, -0.2) is 55.1 Å². The maximum Gasteiger partial charge on any atom is 0.636 e. The zero-order valence-electron chi connectivity index (χ0n) is 4.96. The Morgan fingerprint density at radius 2 is 1.75 bits per heavy atom. The summed E-state index contributed by atoms with van der Waals surface area (Å²) < 4.78 is 9.22. The van der Waals surface area contributed by atoms with E-state index >= 15 is 0 Å². The van der Waals surface area contributed by atoms with Gasteiger partial charge in [-0.3, -0.25) is 0 Å². The predicted molar refractivity (Wildman–Crippen MR) is 30.2 cm³/mol. The molecular weight excluding hydrogens is 118 g/mol. The monoisotopic (exact) mass is 125 g/mol. The summed E-state index contributed by atoms with van der Waals surface area (Å²) in [6, 6.07) is 0. The largest absolute Gasteiger partial charge is 0.636 e. The minimum Gasteiger partial charge on any atom is -0.402 e. The SMILES string of the molecule is OB1OCCCO1.[Na]. The summed E-state index contributed by atoms with van der Waals surface area (Å²) in [7, 11) is -0.964. The standard InChI is InChI=1S/C3H7BO3.Na/c5-4-6-2-1-3-7-4;/h5H,1-3H2;. The molecule has 0 unspecified atom stereocenters. The van der Waals surface area contributed by atoms with E-state index in [1.165, 1.54) is 0 Å². The van der Waals surface area contributed by atoms with E-state index in [-0.39, 0.29) is 29.6 Å². The average molecular weight is 125 g/mol. The first-order valence-corrected chi connectivity index (χ1v) is 2.31. The Balaban J connectivity index is 0.000000490. The Morgan fingerprint density at radius 1 is 1.25 bits per heavy atom. The number of hydrogen-bond donors (Lipinski definition) is 1. The zero-order chi connectivity index (χ0) is 5.11. The van der Waals surface area contributed by atoms with Crippen molar-refractivity contribution in [3.8, 4) is 0 Å². The summed E-state index contributed by atoms with van der Waals surface area (Å²) in [5.74, 6) is 0. The Morgan fingerprint density at radius 3 is 2.00 bits per heavy atom. The molecule has 0 bridgehead atoms. The van der Waals surface area contributed by atoms with Crippen molar-refractivity contribution >= 4 is 36.9 Å². The Hall–Kier alpha value is 0.945. The molecule has 1 N–H and O–H groups in total. The van der Waals surface area contributed by atoms with Crippen molar-refractivity contribution < 1.29 is 14.3 Å². The average Bonchev–Trinajstić information content (AvgIpc) is 1.69. The predicted octanol–water partition coefficient (Wildman–Crippen LogP) is -0.980. The second-order valence-corrected chi connectivity index (χ2v) is 1.40. The second-order valence-electron chi connectivity index (χ2n) is 1.40. The molecule has 1 fully saturated rings. The topological polar surface area (TPSA) is 38.7 Å². The van der Waals surface area contributed by atoms with E-state index in [9.17, 15) is 0 Å². The summed E-state index contributed by atoms with van der Waals surface area (Å²) in [6.45, 7) is 1.22. The molecule has 8 heavy (non-hydrogen) atoms. The fourth-order valence-electron chi connectivity index (χ4n) is 0.475. The van der Waals surface area contributed by atoms with E-state index in [1.807, 2.05) is 0 Å². The molecule has 3 nitrogen and oxygen atoms in total. The molecule has 1 aliphatic rings. The molecule has 0 amide bonds. The fraction of sp³-hybridized carbons (Fsp3) is 1.00. The van der Waals surface area contributed by atoms with Crippen molar-refractivity contribution in [2.45, 2.75) is 6.42 Å². The van der Waals surface area contributed by atoms with Gasteiger partial charge in [-0.1, -0.05) is 0 Å². The van der Waals surface area contributed by atoms with Gasteiger partial charge in [0.2, 0.25) is 0 Å². The molecule has 41 valence electrons. The Kier molecular flexibility index (Phi) is 5.36. The van der Waals surface area contributed by atoms with Crippen LogP contribution in [0, 0.1) is 0 Å². The molecule has 1 heterocycles. The van der Waals surface area contributed by atoms with Gasteiger partial charge in [-0.15, -0.1) is 0 Å². The van der Waals surface area contributed by atoms with Crippen molar-refractivity contribution in [1.29, 1.82) is 0 Å². The van der Waals surface area contributed by atoms with E-state index in [1.54, 1.807) is 0 Å². The van der Waals surface area contributed by atoms with Crippen molar-refractivity contribution in [2.75, 3.05) is 13.2 Å². The van der Waals surface area contributed by atoms with Crippen molar-refractivity contribution in [1.82, 2.24) is 0 Å². The first-order valence-electron chi connectivity index (χ1n) is 2.31. The van der Waals surface area contributed by atoms with Crippen LogP contribution in [0.1, 0.15) is 6.42 Å². The van der Waals surface area contributed by atoms with Gasteiger partial charge in [-0.05, 0) is 6.42 Å². The molecule has 1 radical (unpaired) electrons. The summed E-state index contributed by atoms with van der Waals surface area (Å²) in [6.07, 6.45) is 0.886. The van der Waals surface area contributed by atoms with Gasteiger partial charge in [0.25, 0.3) is 0 Å². The molecule has 1 saturated heterocycles. The van der Waals surface area contributed by atoms with E-state index in [4.69, 9.17) is 5.02 Å². The molecule has 0 saturated carbocycles. The number of hydrogen-bond acceptors (Lipinski definition) is 3. The maximum atomic E-state index is 8.46. The normalized spacial score (nSPS) is 19.9. The van der Waals surface area contributed by atoms with Crippen molar-refractivity contribution in [3.63, 3.8) is 0 Å². The van der Waals surface area contributed by atoms with Crippen LogP contribution in [0.2, 0.25) is 0 Å². The third kappa shape index (κ3) is 3.07. The van der Waals surface area contributed by atoms with Gasteiger partial charge in [-0.2, -0.15) is 0 Å². The third-order valence-electron chi connectivity index (χ3n) is 0.810. The molecule has 1 aliphatic heterocycles. The quantitative estimate of drug-likeness (QED) is 0.423. The molecule has 0 aromatic carbocycles. The minimum absolute atomic E-state index is 0. The molecule has 0 aromatic heterocycles. The van der Waals surface area contributed by atoms with Crippen LogP contribution < -0.4 is 0 Å². The van der Waals surface area contributed by atoms with Gasteiger partial charge in [0.15, 0.2) is 0 Å². The van der Waals surface area contributed by atoms with Gasteiger partial charge in [0, 0.05) is 42.8 Å². The summed E-state index contributed by atoms with van der Waals surface area (Å²) >= 11 is 0. The third-order valence-corrected chi connectivity index (χ3v) is 0.810. The minimum atomic E-state index is -0.964. The van der Waals surface area contributed by atoms with Gasteiger partial charge in [0.05, 0.1) is 0 Å². The van der Waals surface area contributed by atoms with Crippen LogP contribution >= 0.6 is 0 Å². The molecule has 0 spiro atoms. The second kappa shape index (κ2) is 4.79. The van der Waals surface area contributed by atoms with Crippen molar-refractivity contribution in [2.24, 2.45) is 0 Å². The summed E-state index contributed by atoms with van der Waals surface area (Å²) in [5.41, 5.74) is 0. The van der Waals surface area contributed by atoms with Gasteiger partial charge >= 0.3 is 7.32 Å². The van der Waals surface area contributed by atoms with E-state index in [0.29, 0.717) is 13.2 Å². The maximum absolute atomic E-state index is 8.46. The van der Waals surface area contributed by atoms with Crippen LogP contribution in [0.5, 0.6) is 0 Å². The number of rotatable bonds is 0. The van der Waals surface area contributed by atoms with Crippen LogP contribution in [0.4, 0.5) is 0 Å².